The molecule has 0 bridgehead atoms. The van der Waals surface area contributed by atoms with Crippen LogP contribution >= 0.6 is 22.7 Å². The maximum atomic E-state index is 2.45. The van der Waals surface area contributed by atoms with Crippen molar-refractivity contribution in [3.05, 3.63) is 188 Å². The van der Waals surface area contributed by atoms with Gasteiger partial charge in [0.05, 0.1) is 10.4 Å². The summed E-state index contributed by atoms with van der Waals surface area (Å²) in [6.45, 7) is 0. The van der Waals surface area contributed by atoms with E-state index in [-0.39, 0.29) is 0 Å². The molecule has 0 atom stereocenters. The first-order valence-electron chi connectivity index (χ1n) is 17.3. The molecule has 0 amide bonds. The van der Waals surface area contributed by atoms with E-state index in [0.29, 0.717) is 0 Å². The molecule has 0 fully saturated rings. The third-order valence-corrected chi connectivity index (χ3v) is 12.3. The van der Waals surface area contributed by atoms with Crippen LogP contribution in [0.2, 0.25) is 0 Å². The highest BCUT2D eigenvalue weighted by Gasteiger charge is 2.21. The fraction of sp³-hybridized carbons (Fsp3) is 0. The van der Waals surface area contributed by atoms with Crippen molar-refractivity contribution in [3.63, 3.8) is 0 Å². The largest absolute Gasteiger partial charge is 0.309 e. The van der Waals surface area contributed by atoms with Crippen LogP contribution in [0.1, 0.15) is 0 Å². The molecule has 51 heavy (non-hydrogen) atoms. The molecule has 8 aromatic carbocycles. The molecule has 0 aliphatic rings. The summed E-state index contributed by atoms with van der Waals surface area (Å²) < 4.78 is 5.22. The lowest BCUT2D eigenvalue weighted by atomic mass is 9.98. The Morgan fingerprint density at radius 3 is 1.37 bits per heavy atom. The molecule has 1 nitrogen and oxygen atoms in total. The second-order valence-electron chi connectivity index (χ2n) is 12.9. The van der Waals surface area contributed by atoms with Crippen LogP contribution < -0.4 is 4.90 Å². The standard InChI is InChI=1S/C48H31NS2/c1-3-12-32(13-4-1)34-22-26-37(27-23-34)49(38-28-24-35(25-29-38)33-14-5-2-6-15-33)44-31-36(30-43-41-17-8-10-21-46(41)51-48(43)44)39-18-11-19-42-40-16-7-9-20-45(40)50-47(39)42/h1-31H. The van der Waals surface area contributed by atoms with Gasteiger partial charge in [0.1, 0.15) is 0 Å². The van der Waals surface area contributed by atoms with Gasteiger partial charge in [0.25, 0.3) is 0 Å². The van der Waals surface area contributed by atoms with Gasteiger partial charge < -0.3 is 4.90 Å². The summed E-state index contributed by atoms with van der Waals surface area (Å²) in [5.41, 5.74) is 10.8. The lowest BCUT2D eigenvalue weighted by molar-refractivity contribution is 1.30. The predicted octanol–water partition coefficient (Wildman–Crippen LogP) is 14.9. The van der Waals surface area contributed by atoms with E-state index in [0.717, 1.165) is 11.4 Å². The van der Waals surface area contributed by atoms with Crippen molar-refractivity contribution in [2.24, 2.45) is 0 Å². The average molecular weight is 686 g/mol. The molecule has 10 aromatic rings. The molecule has 0 aliphatic carbocycles. The second-order valence-corrected chi connectivity index (χ2v) is 15.0. The Morgan fingerprint density at radius 2 is 0.784 bits per heavy atom. The molecule has 10 rings (SSSR count). The van der Waals surface area contributed by atoms with Crippen LogP contribution in [0.3, 0.4) is 0 Å². The summed E-state index contributed by atoms with van der Waals surface area (Å²) in [7, 11) is 0. The number of hydrogen-bond donors (Lipinski definition) is 0. The Hall–Kier alpha value is -6.00. The van der Waals surface area contributed by atoms with E-state index in [1.54, 1.807) is 0 Å². The highest BCUT2D eigenvalue weighted by molar-refractivity contribution is 7.27. The van der Waals surface area contributed by atoms with E-state index in [1.807, 2.05) is 22.7 Å². The lowest BCUT2D eigenvalue weighted by Crippen LogP contribution is -2.10. The summed E-state index contributed by atoms with van der Waals surface area (Å²) >= 11 is 3.77. The summed E-state index contributed by atoms with van der Waals surface area (Å²) in [5, 5.41) is 5.21. The van der Waals surface area contributed by atoms with E-state index >= 15 is 0 Å². The topological polar surface area (TPSA) is 3.24 Å². The van der Waals surface area contributed by atoms with Crippen LogP contribution in [0.4, 0.5) is 17.1 Å². The van der Waals surface area contributed by atoms with Crippen molar-refractivity contribution < 1.29 is 0 Å². The zero-order valence-corrected chi connectivity index (χ0v) is 29.3. The minimum atomic E-state index is 1.12. The summed E-state index contributed by atoms with van der Waals surface area (Å²) in [5.74, 6) is 0. The number of thiophene rings is 2. The van der Waals surface area contributed by atoms with Crippen LogP contribution in [0.15, 0.2) is 188 Å². The van der Waals surface area contributed by atoms with Crippen LogP contribution in [-0.4, -0.2) is 0 Å². The number of nitrogens with zero attached hydrogens (tertiary/aromatic N) is 1. The first kappa shape index (κ1) is 29.9. The van der Waals surface area contributed by atoms with Crippen molar-refractivity contribution >= 4 is 80.1 Å². The maximum absolute atomic E-state index is 2.45. The molecule has 3 heteroatoms. The highest BCUT2D eigenvalue weighted by Crippen LogP contribution is 2.49. The average Bonchev–Trinajstić information content (AvgIpc) is 3.78. The molecule has 2 heterocycles. The van der Waals surface area contributed by atoms with Gasteiger partial charge in [-0.15, -0.1) is 22.7 Å². The molecule has 0 saturated heterocycles. The summed E-state index contributed by atoms with van der Waals surface area (Å²) in [4.78, 5) is 2.45. The van der Waals surface area contributed by atoms with Crippen molar-refractivity contribution in [2.75, 3.05) is 4.90 Å². The van der Waals surface area contributed by atoms with Crippen LogP contribution in [-0.2, 0) is 0 Å². The van der Waals surface area contributed by atoms with Gasteiger partial charge in [-0.3, -0.25) is 0 Å². The molecule has 0 unspecified atom stereocenters. The van der Waals surface area contributed by atoms with E-state index in [1.165, 1.54) is 79.4 Å². The minimum absolute atomic E-state index is 1.12. The van der Waals surface area contributed by atoms with Crippen LogP contribution in [0, 0.1) is 0 Å². The van der Waals surface area contributed by atoms with Gasteiger partial charge in [-0.2, -0.15) is 0 Å². The van der Waals surface area contributed by atoms with Gasteiger partial charge in [0.15, 0.2) is 0 Å². The first-order chi connectivity index (χ1) is 25.3. The molecular weight excluding hydrogens is 655 g/mol. The third-order valence-electron chi connectivity index (χ3n) is 9.88. The molecule has 0 aliphatic heterocycles. The van der Waals surface area contributed by atoms with E-state index in [2.05, 4.69) is 193 Å². The molecule has 0 saturated carbocycles. The SMILES string of the molecule is c1ccc(-c2ccc(N(c3ccc(-c4ccccc4)cc3)c3cc(-c4cccc5c4sc4ccccc45)cc4c3sc3ccccc34)cc2)cc1. The molecule has 240 valence electrons. The molecule has 0 spiro atoms. The summed E-state index contributed by atoms with van der Waals surface area (Å²) in [6.07, 6.45) is 0. The second kappa shape index (κ2) is 12.4. The number of rotatable bonds is 6. The number of benzene rings is 8. The number of hydrogen-bond acceptors (Lipinski definition) is 3. The molecule has 2 aromatic heterocycles. The van der Waals surface area contributed by atoms with Gasteiger partial charge in [0, 0.05) is 47.0 Å². The van der Waals surface area contributed by atoms with E-state index in [9.17, 15) is 0 Å². The Labute approximate surface area is 304 Å². The van der Waals surface area contributed by atoms with Gasteiger partial charge >= 0.3 is 0 Å². The highest BCUT2D eigenvalue weighted by atomic mass is 32.1. The molecule has 0 radical (unpaired) electrons. The fourth-order valence-electron chi connectivity index (χ4n) is 7.40. The quantitative estimate of drug-likeness (QED) is 0.168. The Morgan fingerprint density at radius 1 is 0.314 bits per heavy atom. The zero-order valence-electron chi connectivity index (χ0n) is 27.7. The number of anilines is 3. The smallest absolute Gasteiger partial charge is 0.0646 e. The molecule has 0 N–H and O–H groups in total. The Kier molecular flexibility index (Phi) is 7.26. The third kappa shape index (κ3) is 5.21. The molecular formula is C48H31NS2. The normalized spacial score (nSPS) is 11.5. The van der Waals surface area contributed by atoms with Crippen LogP contribution in [0.5, 0.6) is 0 Å². The number of fused-ring (bicyclic) bond motifs is 6. The van der Waals surface area contributed by atoms with Gasteiger partial charge in [-0.1, -0.05) is 140 Å². The fourth-order valence-corrected chi connectivity index (χ4v) is 9.83. The van der Waals surface area contributed by atoms with E-state index in [4.69, 9.17) is 0 Å². The minimum Gasteiger partial charge on any atom is -0.309 e. The van der Waals surface area contributed by atoms with Crippen molar-refractivity contribution in [2.45, 2.75) is 0 Å². The summed E-state index contributed by atoms with van der Waals surface area (Å²) in [6, 6.07) is 68.6. The van der Waals surface area contributed by atoms with Gasteiger partial charge in [0.2, 0.25) is 0 Å². The predicted molar refractivity (Wildman–Crippen MR) is 223 cm³/mol. The van der Waals surface area contributed by atoms with Crippen molar-refractivity contribution in [1.29, 1.82) is 0 Å². The lowest BCUT2D eigenvalue weighted by Gasteiger charge is -2.27. The monoisotopic (exact) mass is 685 g/mol. The van der Waals surface area contributed by atoms with Crippen LogP contribution in [0.25, 0.3) is 73.7 Å². The maximum Gasteiger partial charge on any atom is 0.0646 e. The van der Waals surface area contributed by atoms with Gasteiger partial charge in [-0.25, -0.2) is 0 Å². The van der Waals surface area contributed by atoms with E-state index < -0.39 is 0 Å². The zero-order chi connectivity index (χ0) is 33.7. The van der Waals surface area contributed by atoms with Gasteiger partial charge in [-0.05, 0) is 81.9 Å². The first-order valence-corrected chi connectivity index (χ1v) is 18.9. The Balaban J connectivity index is 1.23. The van der Waals surface area contributed by atoms with Crippen molar-refractivity contribution in [3.8, 4) is 33.4 Å². The Bertz CT molecular complexity index is 2750. The van der Waals surface area contributed by atoms with Crippen molar-refractivity contribution in [1.82, 2.24) is 0 Å².